The average Bonchev–Trinajstić information content (AvgIpc) is 3.36. The van der Waals surface area contributed by atoms with Gasteiger partial charge < -0.3 is 8.98 Å². The second-order valence-electron chi connectivity index (χ2n) is 6.31. The first kappa shape index (κ1) is 18.8. The lowest BCUT2D eigenvalue weighted by molar-refractivity contribution is 0.0841. The summed E-state index contributed by atoms with van der Waals surface area (Å²) in [6.07, 6.45) is 1.76. The molecule has 0 saturated heterocycles. The smallest absolute Gasteiger partial charge is 0.286 e. The summed E-state index contributed by atoms with van der Waals surface area (Å²) in [5.41, 5.74) is 8.18. The molecule has 7 nitrogen and oxygen atoms in total. The minimum Gasteiger partial charge on any atom is -0.431 e. The normalized spacial score (nSPS) is 10.8. The van der Waals surface area contributed by atoms with E-state index in [1.54, 1.807) is 42.1 Å². The molecular formula is C21H18N4O3S. The Kier molecular flexibility index (Phi) is 5.35. The van der Waals surface area contributed by atoms with Crippen LogP contribution in [0.5, 0.6) is 0 Å². The maximum absolute atomic E-state index is 12.6. The summed E-state index contributed by atoms with van der Waals surface area (Å²) in [6.45, 7) is 0. The number of hydrogen-bond acceptors (Lipinski definition) is 5. The highest BCUT2D eigenvalue weighted by atomic mass is 32.2. The van der Waals surface area contributed by atoms with E-state index in [-0.39, 0.29) is 11.8 Å². The van der Waals surface area contributed by atoms with Crippen LogP contribution in [0.4, 0.5) is 0 Å². The van der Waals surface area contributed by atoms with Gasteiger partial charge in [-0.2, -0.15) is 0 Å². The van der Waals surface area contributed by atoms with Gasteiger partial charge in [-0.05, 0) is 35.9 Å². The monoisotopic (exact) mass is 406 g/mol. The molecule has 29 heavy (non-hydrogen) atoms. The van der Waals surface area contributed by atoms with Crippen molar-refractivity contribution in [3.63, 3.8) is 0 Å². The van der Waals surface area contributed by atoms with Crippen LogP contribution in [0.25, 0.3) is 11.1 Å². The molecule has 0 aliphatic rings. The number of amides is 2. The van der Waals surface area contributed by atoms with Crippen LogP contribution in [0.3, 0.4) is 0 Å². The number of nitrogens with one attached hydrogen (secondary N) is 2. The number of oxazole rings is 1. The fraction of sp³-hybridized carbons (Fsp3) is 0.0952. The van der Waals surface area contributed by atoms with Crippen LogP contribution in [0.1, 0.15) is 26.4 Å². The molecule has 0 aliphatic carbocycles. The zero-order valence-electron chi connectivity index (χ0n) is 15.6. The van der Waals surface area contributed by atoms with E-state index in [9.17, 15) is 9.59 Å². The summed E-state index contributed by atoms with van der Waals surface area (Å²) in [5, 5.41) is 0.540. The van der Waals surface area contributed by atoms with E-state index in [2.05, 4.69) is 15.8 Å². The van der Waals surface area contributed by atoms with Crippen molar-refractivity contribution in [2.24, 2.45) is 7.05 Å². The first-order valence-electron chi connectivity index (χ1n) is 8.90. The molecule has 0 bridgehead atoms. The van der Waals surface area contributed by atoms with Gasteiger partial charge in [0.25, 0.3) is 17.0 Å². The second-order valence-corrected chi connectivity index (χ2v) is 7.23. The lowest BCUT2D eigenvalue weighted by Crippen LogP contribution is -2.42. The second kappa shape index (κ2) is 8.24. The Morgan fingerprint density at radius 1 is 1.00 bits per heavy atom. The molecular weight excluding hydrogens is 388 g/mol. The molecule has 2 N–H and O–H groups in total. The van der Waals surface area contributed by atoms with Crippen LogP contribution >= 0.6 is 11.8 Å². The summed E-state index contributed by atoms with van der Waals surface area (Å²) in [4.78, 5) is 29.2. The van der Waals surface area contributed by atoms with E-state index in [1.165, 1.54) is 11.8 Å². The third-order valence-electron chi connectivity index (χ3n) is 4.35. The van der Waals surface area contributed by atoms with Gasteiger partial charge in [-0.25, -0.2) is 4.98 Å². The lowest BCUT2D eigenvalue weighted by atomic mass is 10.1. The molecule has 0 fully saturated rings. The summed E-state index contributed by atoms with van der Waals surface area (Å²) in [5.74, 6) is -0.271. The molecule has 0 radical (unpaired) electrons. The van der Waals surface area contributed by atoms with Gasteiger partial charge in [0.1, 0.15) is 11.2 Å². The van der Waals surface area contributed by atoms with Crippen molar-refractivity contribution < 1.29 is 14.0 Å². The van der Waals surface area contributed by atoms with Crippen LogP contribution in [-0.2, 0) is 12.8 Å². The molecule has 2 amide bonds. The van der Waals surface area contributed by atoms with E-state index < -0.39 is 0 Å². The summed E-state index contributed by atoms with van der Waals surface area (Å²) >= 11 is 1.41. The number of para-hydroxylation sites is 2. The molecule has 0 spiro atoms. The van der Waals surface area contributed by atoms with Gasteiger partial charge in [-0.15, -0.1) is 0 Å². The molecule has 2 aromatic carbocycles. The quantitative estimate of drug-likeness (QED) is 0.391. The zero-order valence-corrected chi connectivity index (χ0v) is 16.4. The van der Waals surface area contributed by atoms with Gasteiger partial charge in [-0.1, -0.05) is 42.1 Å². The number of carbonyl (C=O) groups is 2. The predicted octanol–water partition coefficient (Wildman–Crippen LogP) is 3.53. The Balaban J connectivity index is 1.42. The fourth-order valence-corrected chi connectivity index (χ4v) is 3.70. The number of nitrogens with zero attached hydrogens (tertiary/aromatic N) is 2. The Labute approximate surface area is 171 Å². The van der Waals surface area contributed by atoms with Gasteiger partial charge in [-0.3, -0.25) is 20.4 Å². The van der Waals surface area contributed by atoms with Gasteiger partial charge in [0.2, 0.25) is 0 Å². The highest BCUT2D eigenvalue weighted by molar-refractivity contribution is 7.98. The number of fused-ring (bicyclic) bond motifs is 1. The molecule has 4 rings (SSSR count). The van der Waals surface area contributed by atoms with Gasteiger partial charge >= 0.3 is 0 Å². The Hall–Kier alpha value is -3.52. The highest BCUT2D eigenvalue weighted by Gasteiger charge is 2.15. The Bertz CT molecular complexity index is 1150. The number of thioether (sulfide) groups is 1. The number of benzene rings is 2. The number of rotatable bonds is 5. The van der Waals surface area contributed by atoms with Crippen LogP contribution in [0, 0.1) is 0 Å². The molecule has 0 saturated carbocycles. The van der Waals surface area contributed by atoms with E-state index in [4.69, 9.17) is 4.42 Å². The molecule has 4 aromatic rings. The Morgan fingerprint density at radius 2 is 1.76 bits per heavy atom. The topological polar surface area (TPSA) is 89.2 Å². The lowest BCUT2D eigenvalue weighted by Gasteiger charge is -2.11. The van der Waals surface area contributed by atoms with E-state index >= 15 is 0 Å². The Morgan fingerprint density at radius 3 is 2.55 bits per heavy atom. The average molecular weight is 406 g/mol. The van der Waals surface area contributed by atoms with Crippen molar-refractivity contribution in [2.45, 2.75) is 11.0 Å². The molecule has 0 aliphatic heterocycles. The highest BCUT2D eigenvalue weighted by Crippen LogP contribution is 2.27. The summed E-state index contributed by atoms with van der Waals surface area (Å²) < 4.78 is 7.39. The minimum absolute atomic E-state index is 0.385. The number of aryl methyl sites for hydroxylation is 1. The number of carbonyl (C=O) groups excluding carboxylic acids is 2. The minimum atomic E-state index is -0.388. The van der Waals surface area contributed by atoms with Crippen molar-refractivity contribution in [3.05, 3.63) is 83.7 Å². The van der Waals surface area contributed by atoms with E-state index in [1.807, 2.05) is 36.4 Å². The van der Waals surface area contributed by atoms with E-state index in [0.717, 1.165) is 16.7 Å². The first-order valence-corrected chi connectivity index (χ1v) is 9.88. The van der Waals surface area contributed by atoms with Crippen LogP contribution < -0.4 is 10.9 Å². The van der Waals surface area contributed by atoms with Gasteiger partial charge in [0.05, 0.1) is 0 Å². The van der Waals surface area contributed by atoms with Crippen molar-refractivity contribution in [1.82, 2.24) is 20.4 Å². The van der Waals surface area contributed by atoms with Gasteiger partial charge in [0.15, 0.2) is 5.58 Å². The summed E-state index contributed by atoms with van der Waals surface area (Å²) in [6, 6.07) is 18.2. The van der Waals surface area contributed by atoms with Crippen molar-refractivity contribution >= 4 is 34.7 Å². The van der Waals surface area contributed by atoms with Crippen LogP contribution in [0.15, 0.2) is 76.5 Å². The molecule has 8 heteroatoms. The SMILES string of the molecule is Cn1cccc1C(=O)NNC(=O)c1ccccc1CSc1nc2ccccc2o1. The van der Waals surface area contributed by atoms with Crippen molar-refractivity contribution in [3.8, 4) is 0 Å². The molecule has 2 heterocycles. The van der Waals surface area contributed by atoms with Crippen LogP contribution in [-0.4, -0.2) is 21.4 Å². The van der Waals surface area contributed by atoms with Crippen LogP contribution in [0.2, 0.25) is 0 Å². The zero-order chi connectivity index (χ0) is 20.2. The fourth-order valence-electron chi connectivity index (χ4n) is 2.86. The maximum Gasteiger partial charge on any atom is 0.286 e. The number of hydrogen-bond donors (Lipinski definition) is 2. The number of aromatic nitrogens is 2. The van der Waals surface area contributed by atoms with Crippen molar-refractivity contribution in [2.75, 3.05) is 0 Å². The van der Waals surface area contributed by atoms with Gasteiger partial charge in [0, 0.05) is 24.6 Å². The molecule has 0 unspecified atom stereocenters. The predicted molar refractivity (Wildman–Crippen MR) is 110 cm³/mol. The van der Waals surface area contributed by atoms with E-state index in [0.29, 0.717) is 22.2 Å². The molecule has 2 aromatic heterocycles. The number of hydrazine groups is 1. The largest absolute Gasteiger partial charge is 0.431 e. The third-order valence-corrected chi connectivity index (χ3v) is 5.23. The van der Waals surface area contributed by atoms with Crippen molar-refractivity contribution in [1.29, 1.82) is 0 Å². The summed E-state index contributed by atoms with van der Waals surface area (Å²) in [7, 11) is 1.76. The molecule has 0 atom stereocenters. The molecule has 146 valence electrons. The first-order chi connectivity index (χ1) is 14.1. The third kappa shape index (κ3) is 4.17. The maximum atomic E-state index is 12.6. The standard InChI is InChI=1S/C21H18N4O3S/c1-25-12-6-10-17(25)20(27)24-23-19(26)15-8-3-2-7-14(15)13-29-21-22-16-9-4-5-11-18(16)28-21/h2-12H,13H2,1H3,(H,23,26)(H,24,27).